The Kier molecular flexibility index (Phi) is 5.10. The number of hydrogen-bond donors (Lipinski definition) is 1. The fourth-order valence-corrected chi connectivity index (χ4v) is 1.49. The highest BCUT2D eigenvalue weighted by Crippen LogP contribution is 2.08. The number of rotatable bonds is 5. The van der Waals surface area contributed by atoms with Gasteiger partial charge in [0.15, 0.2) is 0 Å². The first-order valence-corrected chi connectivity index (χ1v) is 5.71. The first kappa shape index (κ1) is 13.6. The minimum absolute atomic E-state index is 0.0623. The highest BCUT2D eigenvalue weighted by atomic mass is 19.1. The van der Waals surface area contributed by atoms with Crippen LogP contribution >= 0.6 is 0 Å². The molecular formula is C13H19FN2O. The summed E-state index contributed by atoms with van der Waals surface area (Å²) in [4.78, 5) is 13.4. The van der Waals surface area contributed by atoms with Crippen LogP contribution in [0.2, 0.25) is 0 Å². The molecule has 0 aliphatic rings. The normalized spacial score (nSPS) is 12.2. The smallest absolute Gasteiger partial charge is 0.222 e. The summed E-state index contributed by atoms with van der Waals surface area (Å²) >= 11 is 0. The Hall–Kier alpha value is -1.42. The van der Waals surface area contributed by atoms with Crippen LogP contribution in [0.1, 0.15) is 18.9 Å². The highest BCUT2D eigenvalue weighted by Gasteiger charge is 2.12. The molecule has 1 aromatic carbocycles. The van der Waals surface area contributed by atoms with E-state index in [0.717, 1.165) is 5.56 Å². The first-order chi connectivity index (χ1) is 8.02. The number of carbonyl (C=O) groups is 1. The molecule has 0 heterocycles. The van der Waals surface area contributed by atoms with Gasteiger partial charge in [-0.05, 0) is 30.2 Å². The number of amides is 1. The predicted octanol–water partition coefficient (Wildman–Crippen LogP) is 1.77. The second-order valence-corrected chi connectivity index (χ2v) is 4.42. The Morgan fingerprint density at radius 3 is 2.53 bits per heavy atom. The van der Waals surface area contributed by atoms with E-state index in [1.165, 1.54) is 12.1 Å². The zero-order valence-electron chi connectivity index (χ0n) is 10.3. The van der Waals surface area contributed by atoms with E-state index in [4.69, 9.17) is 5.73 Å². The number of hydrogen-bond acceptors (Lipinski definition) is 2. The van der Waals surface area contributed by atoms with Crippen molar-refractivity contribution in [1.29, 1.82) is 0 Å². The largest absolute Gasteiger partial charge is 0.341 e. The van der Waals surface area contributed by atoms with Crippen LogP contribution in [0.5, 0.6) is 0 Å². The van der Waals surface area contributed by atoms with E-state index in [-0.39, 0.29) is 17.6 Å². The van der Waals surface area contributed by atoms with Gasteiger partial charge in [0.05, 0.1) is 0 Å². The highest BCUT2D eigenvalue weighted by molar-refractivity contribution is 5.76. The number of nitrogens with zero attached hydrogens (tertiary/aromatic N) is 1. The molecule has 0 aliphatic carbocycles. The third-order valence-corrected chi connectivity index (χ3v) is 2.68. The Bertz CT molecular complexity index is 364. The van der Waals surface area contributed by atoms with Crippen LogP contribution in [-0.4, -0.2) is 24.4 Å². The van der Waals surface area contributed by atoms with Crippen LogP contribution in [0.15, 0.2) is 24.3 Å². The van der Waals surface area contributed by atoms with Gasteiger partial charge in [0.25, 0.3) is 0 Å². The molecule has 0 saturated carbocycles. The summed E-state index contributed by atoms with van der Waals surface area (Å²) in [5.41, 5.74) is 6.40. The van der Waals surface area contributed by atoms with Gasteiger partial charge in [-0.15, -0.1) is 0 Å². The van der Waals surface area contributed by atoms with E-state index in [9.17, 15) is 9.18 Å². The second kappa shape index (κ2) is 6.35. The van der Waals surface area contributed by atoms with Crippen molar-refractivity contribution in [2.75, 3.05) is 13.6 Å². The molecule has 1 aromatic rings. The maximum Gasteiger partial charge on any atom is 0.222 e. The van der Waals surface area contributed by atoms with Gasteiger partial charge in [0, 0.05) is 20.0 Å². The van der Waals surface area contributed by atoms with Crippen LogP contribution in [0.25, 0.3) is 0 Å². The zero-order valence-corrected chi connectivity index (χ0v) is 10.3. The summed E-state index contributed by atoms with van der Waals surface area (Å²) in [6.07, 6.45) is 0.453. The number of halogens is 1. The van der Waals surface area contributed by atoms with Crippen LogP contribution in [0.3, 0.4) is 0 Å². The predicted molar refractivity (Wildman–Crippen MR) is 65.7 cm³/mol. The molecule has 0 fully saturated rings. The van der Waals surface area contributed by atoms with Crippen LogP contribution in [0, 0.1) is 11.7 Å². The molecule has 1 unspecified atom stereocenters. The van der Waals surface area contributed by atoms with Crippen molar-refractivity contribution in [3.05, 3.63) is 35.6 Å². The molecule has 0 radical (unpaired) electrons. The van der Waals surface area contributed by atoms with Gasteiger partial charge in [-0.2, -0.15) is 0 Å². The van der Waals surface area contributed by atoms with Gasteiger partial charge in [-0.25, -0.2) is 4.39 Å². The van der Waals surface area contributed by atoms with E-state index in [2.05, 4.69) is 0 Å². The Labute approximate surface area is 101 Å². The number of benzene rings is 1. The molecule has 94 valence electrons. The Balaban J connectivity index is 2.51. The van der Waals surface area contributed by atoms with E-state index >= 15 is 0 Å². The molecule has 1 rings (SSSR count). The van der Waals surface area contributed by atoms with Gasteiger partial charge in [0.2, 0.25) is 5.91 Å². The fourth-order valence-electron chi connectivity index (χ4n) is 1.49. The van der Waals surface area contributed by atoms with Gasteiger partial charge in [0.1, 0.15) is 5.82 Å². The SMILES string of the molecule is CC(CN)CC(=O)N(C)Cc1ccc(F)cc1. The molecule has 0 spiro atoms. The van der Waals surface area contributed by atoms with Gasteiger partial charge in [-0.3, -0.25) is 4.79 Å². The van der Waals surface area contributed by atoms with Crippen LogP contribution < -0.4 is 5.73 Å². The third-order valence-electron chi connectivity index (χ3n) is 2.68. The minimum atomic E-state index is -0.264. The summed E-state index contributed by atoms with van der Waals surface area (Å²) < 4.78 is 12.7. The fraction of sp³-hybridized carbons (Fsp3) is 0.462. The van der Waals surface area contributed by atoms with Gasteiger partial charge >= 0.3 is 0 Å². The average molecular weight is 238 g/mol. The lowest BCUT2D eigenvalue weighted by Gasteiger charge is -2.19. The van der Waals surface area contributed by atoms with E-state index in [1.54, 1.807) is 24.1 Å². The molecule has 3 nitrogen and oxygen atoms in total. The maximum absolute atomic E-state index is 12.7. The molecular weight excluding hydrogens is 219 g/mol. The van der Waals surface area contributed by atoms with Crippen LogP contribution in [-0.2, 0) is 11.3 Å². The minimum Gasteiger partial charge on any atom is -0.341 e. The molecule has 0 saturated heterocycles. The van der Waals surface area contributed by atoms with Gasteiger partial charge < -0.3 is 10.6 Å². The summed E-state index contributed by atoms with van der Waals surface area (Å²) in [6.45, 7) is 2.95. The van der Waals surface area contributed by atoms with E-state index < -0.39 is 0 Å². The van der Waals surface area contributed by atoms with E-state index in [1.807, 2.05) is 6.92 Å². The molecule has 0 aliphatic heterocycles. The second-order valence-electron chi connectivity index (χ2n) is 4.42. The number of nitrogens with two attached hydrogens (primary N) is 1. The molecule has 1 atom stereocenters. The molecule has 1 amide bonds. The van der Waals surface area contributed by atoms with E-state index in [0.29, 0.717) is 19.5 Å². The van der Waals surface area contributed by atoms with Crippen molar-refractivity contribution in [3.63, 3.8) is 0 Å². The standard InChI is InChI=1S/C13H19FN2O/c1-10(8-15)7-13(17)16(2)9-11-3-5-12(14)6-4-11/h3-6,10H,7-9,15H2,1-2H3. The zero-order chi connectivity index (χ0) is 12.8. The maximum atomic E-state index is 12.7. The molecule has 2 N–H and O–H groups in total. The summed E-state index contributed by atoms with van der Waals surface area (Å²) in [5, 5.41) is 0. The lowest BCUT2D eigenvalue weighted by Crippen LogP contribution is -2.29. The number of carbonyl (C=O) groups excluding carboxylic acids is 1. The van der Waals surface area contributed by atoms with Gasteiger partial charge in [-0.1, -0.05) is 19.1 Å². The topological polar surface area (TPSA) is 46.3 Å². The molecule has 0 aromatic heterocycles. The molecule has 4 heteroatoms. The first-order valence-electron chi connectivity index (χ1n) is 5.71. The van der Waals surface area contributed by atoms with Crippen molar-refractivity contribution in [2.24, 2.45) is 11.7 Å². The summed E-state index contributed by atoms with van der Waals surface area (Å²) in [6, 6.07) is 6.17. The Morgan fingerprint density at radius 2 is 2.00 bits per heavy atom. The average Bonchev–Trinajstić information content (AvgIpc) is 2.31. The van der Waals surface area contributed by atoms with Crippen molar-refractivity contribution < 1.29 is 9.18 Å². The summed E-state index contributed by atoms with van der Waals surface area (Å²) in [7, 11) is 1.74. The lowest BCUT2D eigenvalue weighted by molar-refractivity contribution is -0.131. The third kappa shape index (κ3) is 4.53. The molecule has 17 heavy (non-hydrogen) atoms. The van der Waals surface area contributed by atoms with Crippen molar-refractivity contribution in [1.82, 2.24) is 4.90 Å². The Morgan fingerprint density at radius 1 is 1.41 bits per heavy atom. The van der Waals surface area contributed by atoms with Crippen molar-refractivity contribution in [2.45, 2.75) is 19.9 Å². The monoisotopic (exact) mass is 238 g/mol. The van der Waals surface area contributed by atoms with Crippen molar-refractivity contribution in [3.8, 4) is 0 Å². The quantitative estimate of drug-likeness (QED) is 0.849. The summed E-state index contributed by atoms with van der Waals surface area (Å²) in [5.74, 6) is -0.00933. The lowest BCUT2D eigenvalue weighted by atomic mass is 10.1. The van der Waals surface area contributed by atoms with Crippen LogP contribution in [0.4, 0.5) is 4.39 Å². The molecule has 0 bridgehead atoms. The van der Waals surface area contributed by atoms with Crippen molar-refractivity contribution >= 4 is 5.91 Å².